The van der Waals surface area contributed by atoms with E-state index in [-0.39, 0.29) is 24.1 Å². The van der Waals surface area contributed by atoms with Crippen LogP contribution in [0.4, 0.5) is 0 Å². The first-order chi connectivity index (χ1) is 11.8. The van der Waals surface area contributed by atoms with Crippen molar-refractivity contribution < 1.29 is 17.9 Å². The topological polar surface area (TPSA) is 75.7 Å². The SMILES string of the molecule is CCS(=O)(=O)N1CCC[C@H](C(=O)NCCOc2ccc(C)c(Cl)c2)C1. The molecule has 1 N–H and O–H groups in total. The van der Waals surface area contributed by atoms with E-state index in [2.05, 4.69) is 5.32 Å². The highest BCUT2D eigenvalue weighted by atomic mass is 35.5. The number of nitrogens with zero attached hydrogens (tertiary/aromatic N) is 1. The monoisotopic (exact) mass is 388 g/mol. The fourth-order valence-corrected chi connectivity index (χ4v) is 4.09. The van der Waals surface area contributed by atoms with E-state index < -0.39 is 10.0 Å². The maximum absolute atomic E-state index is 12.3. The number of carbonyl (C=O) groups is 1. The highest BCUT2D eigenvalue weighted by molar-refractivity contribution is 7.89. The van der Waals surface area contributed by atoms with Crippen LogP contribution < -0.4 is 10.1 Å². The van der Waals surface area contributed by atoms with Gasteiger partial charge in [-0.15, -0.1) is 0 Å². The van der Waals surface area contributed by atoms with Crippen molar-refractivity contribution in [1.29, 1.82) is 0 Å². The Morgan fingerprint density at radius 3 is 2.88 bits per heavy atom. The molecule has 0 spiro atoms. The Kier molecular flexibility index (Phi) is 7.10. The van der Waals surface area contributed by atoms with Gasteiger partial charge in [-0.05, 0) is 44.4 Å². The molecule has 0 aliphatic carbocycles. The van der Waals surface area contributed by atoms with Crippen LogP contribution in [0.5, 0.6) is 5.75 Å². The van der Waals surface area contributed by atoms with E-state index in [1.54, 1.807) is 13.0 Å². The lowest BCUT2D eigenvalue weighted by atomic mass is 9.99. The number of ether oxygens (including phenoxy) is 1. The summed E-state index contributed by atoms with van der Waals surface area (Å²) >= 11 is 6.04. The molecule has 2 rings (SSSR count). The third kappa shape index (κ3) is 5.59. The van der Waals surface area contributed by atoms with Crippen LogP contribution in [-0.4, -0.2) is 50.6 Å². The van der Waals surface area contributed by atoms with Crippen LogP contribution in [0.15, 0.2) is 18.2 Å². The molecule has 8 heteroatoms. The zero-order valence-electron chi connectivity index (χ0n) is 14.6. The van der Waals surface area contributed by atoms with Crippen LogP contribution in [0.3, 0.4) is 0 Å². The normalized spacial score (nSPS) is 18.8. The van der Waals surface area contributed by atoms with E-state index in [9.17, 15) is 13.2 Å². The second kappa shape index (κ2) is 8.87. The van der Waals surface area contributed by atoms with E-state index in [0.29, 0.717) is 43.3 Å². The van der Waals surface area contributed by atoms with E-state index in [0.717, 1.165) is 5.56 Å². The molecule has 0 aromatic heterocycles. The van der Waals surface area contributed by atoms with Crippen LogP contribution in [0.2, 0.25) is 5.02 Å². The van der Waals surface area contributed by atoms with Crippen LogP contribution in [0, 0.1) is 12.8 Å². The fourth-order valence-electron chi connectivity index (χ4n) is 2.74. The summed E-state index contributed by atoms with van der Waals surface area (Å²) in [7, 11) is -3.24. The van der Waals surface area contributed by atoms with Crippen molar-refractivity contribution in [2.24, 2.45) is 5.92 Å². The molecule has 1 amide bonds. The smallest absolute Gasteiger partial charge is 0.224 e. The van der Waals surface area contributed by atoms with Crippen LogP contribution in [0.25, 0.3) is 0 Å². The number of nitrogens with one attached hydrogen (secondary N) is 1. The Morgan fingerprint density at radius 1 is 1.44 bits per heavy atom. The fraction of sp³-hybridized carbons (Fsp3) is 0.588. The maximum Gasteiger partial charge on any atom is 0.224 e. The molecule has 1 saturated heterocycles. The first kappa shape index (κ1) is 20.0. The minimum atomic E-state index is -3.24. The average molecular weight is 389 g/mol. The molecule has 0 radical (unpaired) electrons. The van der Waals surface area contributed by atoms with Gasteiger partial charge in [0.15, 0.2) is 0 Å². The predicted octanol–water partition coefficient (Wildman–Crippen LogP) is 2.21. The van der Waals surface area contributed by atoms with Crippen molar-refractivity contribution in [3.8, 4) is 5.75 Å². The lowest BCUT2D eigenvalue weighted by Gasteiger charge is -2.30. The maximum atomic E-state index is 12.3. The minimum Gasteiger partial charge on any atom is -0.492 e. The Labute approximate surface area is 154 Å². The summed E-state index contributed by atoms with van der Waals surface area (Å²) in [5.74, 6) is 0.294. The van der Waals surface area contributed by atoms with Gasteiger partial charge in [0, 0.05) is 18.1 Å². The molecule has 25 heavy (non-hydrogen) atoms. The molecule has 1 aliphatic heterocycles. The number of rotatable bonds is 7. The number of piperidine rings is 1. The summed E-state index contributed by atoms with van der Waals surface area (Å²) in [4.78, 5) is 12.3. The van der Waals surface area contributed by atoms with Gasteiger partial charge in [0.1, 0.15) is 12.4 Å². The van der Waals surface area contributed by atoms with Gasteiger partial charge in [0.2, 0.25) is 15.9 Å². The highest BCUT2D eigenvalue weighted by Gasteiger charge is 2.31. The minimum absolute atomic E-state index is 0.0638. The quantitative estimate of drug-likeness (QED) is 0.726. The van der Waals surface area contributed by atoms with E-state index >= 15 is 0 Å². The number of hydrogen-bond acceptors (Lipinski definition) is 4. The Hall–Kier alpha value is -1.31. The molecule has 1 heterocycles. The van der Waals surface area contributed by atoms with Crippen LogP contribution >= 0.6 is 11.6 Å². The largest absolute Gasteiger partial charge is 0.492 e. The molecular weight excluding hydrogens is 364 g/mol. The van der Waals surface area contributed by atoms with Gasteiger partial charge in [-0.25, -0.2) is 12.7 Å². The van der Waals surface area contributed by atoms with Crippen molar-refractivity contribution in [1.82, 2.24) is 9.62 Å². The lowest BCUT2D eigenvalue weighted by molar-refractivity contribution is -0.126. The summed E-state index contributed by atoms with van der Waals surface area (Å²) in [6.45, 7) is 4.98. The van der Waals surface area contributed by atoms with Gasteiger partial charge in [0.05, 0.1) is 18.2 Å². The predicted molar refractivity (Wildman–Crippen MR) is 98.5 cm³/mol. The third-order valence-corrected chi connectivity index (χ3v) is 6.58. The Bertz CT molecular complexity index is 709. The molecule has 0 unspecified atom stereocenters. The second-order valence-electron chi connectivity index (χ2n) is 6.15. The second-order valence-corrected chi connectivity index (χ2v) is 8.81. The molecule has 6 nitrogen and oxygen atoms in total. The van der Waals surface area contributed by atoms with E-state index in [1.165, 1.54) is 4.31 Å². The van der Waals surface area contributed by atoms with Crippen molar-refractivity contribution in [3.05, 3.63) is 28.8 Å². The zero-order chi connectivity index (χ0) is 18.4. The first-order valence-corrected chi connectivity index (χ1v) is 10.5. The number of halogens is 1. The van der Waals surface area contributed by atoms with Crippen molar-refractivity contribution in [2.45, 2.75) is 26.7 Å². The highest BCUT2D eigenvalue weighted by Crippen LogP contribution is 2.22. The van der Waals surface area contributed by atoms with Gasteiger partial charge < -0.3 is 10.1 Å². The van der Waals surface area contributed by atoms with Crippen molar-refractivity contribution >= 4 is 27.5 Å². The molecule has 1 aliphatic rings. The lowest BCUT2D eigenvalue weighted by Crippen LogP contribution is -2.46. The summed E-state index contributed by atoms with van der Waals surface area (Å²) in [6.07, 6.45) is 1.41. The average Bonchev–Trinajstić information content (AvgIpc) is 2.61. The summed E-state index contributed by atoms with van der Waals surface area (Å²) in [5, 5.41) is 3.46. The van der Waals surface area contributed by atoms with Gasteiger partial charge in [-0.1, -0.05) is 17.7 Å². The number of carbonyl (C=O) groups excluding carboxylic acids is 1. The van der Waals surface area contributed by atoms with Gasteiger partial charge in [0.25, 0.3) is 0 Å². The zero-order valence-corrected chi connectivity index (χ0v) is 16.2. The summed E-state index contributed by atoms with van der Waals surface area (Å²) in [6, 6.07) is 5.45. The molecular formula is C17H25ClN2O4S. The third-order valence-electron chi connectivity index (χ3n) is 4.33. The number of benzene rings is 1. The standard InChI is InChI=1S/C17H25ClN2O4S/c1-3-25(22,23)20-9-4-5-14(12-20)17(21)19-8-10-24-15-7-6-13(2)16(18)11-15/h6-7,11,14H,3-5,8-10,12H2,1-2H3,(H,19,21)/t14-/m0/s1. The molecule has 1 aromatic carbocycles. The Balaban J connectivity index is 1.77. The van der Waals surface area contributed by atoms with Gasteiger partial charge >= 0.3 is 0 Å². The number of hydrogen-bond donors (Lipinski definition) is 1. The molecule has 0 bridgehead atoms. The molecule has 140 valence electrons. The van der Waals surface area contributed by atoms with Crippen molar-refractivity contribution in [2.75, 3.05) is 32.0 Å². The summed E-state index contributed by atoms with van der Waals surface area (Å²) in [5.41, 5.74) is 0.978. The van der Waals surface area contributed by atoms with E-state index in [4.69, 9.17) is 16.3 Å². The molecule has 1 fully saturated rings. The molecule has 1 aromatic rings. The molecule has 1 atom stereocenters. The number of amides is 1. The number of sulfonamides is 1. The Morgan fingerprint density at radius 2 is 2.20 bits per heavy atom. The van der Waals surface area contributed by atoms with Gasteiger partial charge in [-0.3, -0.25) is 4.79 Å². The van der Waals surface area contributed by atoms with Crippen molar-refractivity contribution in [3.63, 3.8) is 0 Å². The molecule has 0 saturated carbocycles. The number of aryl methyl sites for hydroxylation is 1. The first-order valence-electron chi connectivity index (χ1n) is 8.48. The van der Waals surface area contributed by atoms with Crippen LogP contribution in [-0.2, 0) is 14.8 Å². The van der Waals surface area contributed by atoms with Crippen LogP contribution in [0.1, 0.15) is 25.3 Å². The van der Waals surface area contributed by atoms with E-state index in [1.807, 2.05) is 19.1 Å². The van der Waals surface area contributed by atoms with Gasteiger partial charge in [-0.2, -0.15) is 0 Å². The summed E-state index contributed by atoms with van der Waals surface area (Å²) < 4.78 is 30.9.